The molecule has 1 fully saturated rings. The molecule has 1 aliphatic heterocycles. The molecule has 0 atom stereocenters. The van der Waals surface area contributed by atoms with Crippen LogP contribution in [0.25, 0.3) is 0 Å². The predicted molar refractivity (Wildman–Crippen MR) is 117 cm³/mol. The van der Waals surface area contributed by atoms with E-state index in [4.69, 9.17) is 5.73 Å². The van der Waals surface area contributed by atoms with Crippen LogP contribution < -0.4 is 16.0 Å². The molecule has 1 saturated heterocycles. The summed E-state index contributed by atoms with van der Waals surface area (Å²) in [5, 5.41) is 3.39. The second kappa shape index (κ2) is 9.96. The molecule has 7 heteroatoms. The molecule has 3 N–H and O–H groups in total. The zero-order chi connectivity index (χ0) is 19.8. The van der Waals surface area contributed by atoms with E-state index in [1.54, 1.807) is 19.6 Å². The van der Waals surface area contributed by atoms with E-state index in [-0.39, 0.29) is 0 Å². The van der Waals surface area contributed by atoms with Crippen molar-refractivity contribution in [2.75, 3.05) is 50.4 Å². The molecule has 2 aromatic rings. The van der Waals surface area contributed by atoms with Crippen LogP contribution in [0.5, 0.6) is 0 Å². The summed E-state index contributed by atoms with van der Waals surface area (Å²) in [6.07, 6.45) is 3.49. The summed E-state index contributed by atoms with van der Waals surface area (Å²) in [4.78, 5) is 17.5. The zero-order valence-corrected chi connectivity index (χ0v) is 16.7. The van der Waals surface area contributed by atoms with Gasteiger partial charge in [0.15, 0.2) is 0 Å². The van der Waals surface area contributed by atoms with Crippen LogP contribution >= 0.6 is 0 Å². The lowest BCUT2D eigenvalue weighted by atomic mass is 10.1. The molecule has 2 heterocycles. The van der Waals surface area contributed by atoms with Gasteiger partial charge >= 0.3 is 0 Å². The van der Waals surface area contributed by atoms with Crippen LogP contribution in [0.2, 0.25) is 0 Å². The third kappa shape index (κ3) is 4.94. The topological polar surface area (TPSA) is 82.1 Å². The van der Waals surface area contributed by atoms with Gasteiger partial charge in [-0.15, -0.1) is 0 Å². The van der Waals surface area contributed by atoms with Gasteiger partial charge in [0.05, 0.1) is 11.9 Å². The Kier molecular flexibility index (Phi) is 7.11. The molecule has 3 rings (SSSR count). The number of aliphatic imine (C=N–C) groups is 2. The normalized spacial score (nSPS) is 15.9. The van der Waals surface area contributed by atoms with E-state index in [9.17, 15) is 0 Å². The van der Waals surface area contributed by atoms with Crippen LogP contribution in [0.1, 0.15) is 18.1 Å². The number of benzene rings is 1. The summed E-state index contributed by atoms with van der Waals surface area (Å²) in [6.45, 7) is 7.96. The highest BCUT2D eigenvalue weighted by atomic mass is 15.2. The lowest BCUT2D eigenvalue weighted by molar-refractivity contribution is 0.233. The van der Waals surface area contributed by atoms with Crippen molar-refractivity contribution in [3.63, 3.8) is 0 Å². The Morgan fingerprint density at radius 1 is 1.25 bits per heavy atom. The van der Waals surface area contributed by atoms with Gasteiger partial charge in [0.25, 0.3) is 0 Å². The number of nitrogens with zero attached hydrogens (tertiary/aromatic N) is 5. The first-order valence-electron chi connectivity index (χ1n) is 9.71. The minimum absolute atomic E-state index is 0.452. The molecule has 0 spiro atoms. The van der Waals surface area contributed by atoms with Crippen molar-refractivity contribution in [1.82, 2.24) is 15.2 Å². The molecule has 0 saturated carbocycles. The van der Waals surface area contributed by atoms with Gasteiger partial charge in [-0.1, -0.05) is 12.1 Å². The van der Waals surface area contributed by atoms with Gasteiger partial charge in [0.1, 0.15) is 11.7 Å². The molecule has 0 amide bonds. The van der Waals surface area contributed by atoms with Gasteiger partial charge in [-0.3, -0.25) is 19.8 Å². The van der Waals surface area contributed by atoms with Crippen molar-refractivity contribution in [3.05, 3.63) is 53.7 Å². The molecule has 0 unspecified atom stereocenters. The number of nitrogen functional groups attached to an aromatic ring is 1. The van der Waals surface area contributed by atoms with Gasteiger partial charge in [-0.25, -0.2) is 4.98 Å². The minimum atomic E-state index is 0.452. The number of aromatic nitrogens is 1. The van der Waals surface area contributed by atoms with Crippen LogP contribution in [-0.2, 0) is 6.54 Å². The first-order chi connectivity index (χ1) is 13.7. The van der Waals surface area contributed by atoms with Crippen molar-refractivity contribution >= 4 is 23.7 Å². The molecule has 0 aliphatic carbocycles. The molecular weight excluding hydrogens is 350 g/mol. The van der Waals surface area contributed by atoms with E-state index in [0.717, 1.165) is 49.8 Å². The molecule has 1 aromatic heterocycles. The van der Waals surface area contributed by atoms with Crippen LogP contribution in [-0.4, -0.2) is 61.8 Å². The first-order valence-corrected chi connectivity index (χ1v) is 9.71. The monoisotopic (exact) mass is 379 g/mol. The quantitative estimate of drug-likeness (QED) is 0.593. The van der Waals surface area contributed by atoms with Gasteiger partial charge in [0, 0.05) is 58.2 Å². The molecule has 0 bridgehead atoms. The largest absolute Gasteiger partial charge is 0.383 e. The van der Waals surface area contributed by atoms with Crippen LogP contribution in [0.4, 0.5) is 11.5 Å². The fraction of sp³-hybridized carbons (Fsp3) is 0.381. The van der Waals surface area contributed by atoms with Crippen molar-refractivity contribution < 1.29 is 0 Å². The highest BCUT2D eigenvalue weighted by molar-refractivity contribution is 6.20. The number of anilines is 2. The zero-order valence-electron chi connectivity index (χ0n) is 16.7. The van der Waals surface area contributed by atoms with E-state index in [2.05, 4.69) is 49.5 Å². The molecule has 0 radical (unpaired) electrons. The Morgan fingerprint density at radius 3 is 2.64 bits per heavy atom. The molecule has 1 aromatic carbocycles. The summed E-state index contributed by atoms with van der Waals surface area (Å²) < 4.78 is 0. The van der Waals surface area contributed by atoms with Gasteiger partial charge in [-0.2, -0.15) is 0 Å². The molecular formula is C21H29N7. The standard InChI is InChI=1S/C21H29N7/c1-3-24-16-28(21(23-2)19-5-4-10-26-20(19)22)18-8-6-17(7-9-18)15-27-13-11-25-12-14-27/h4-10,16,25H,3,11-15H2,1-2H3,(H2,22,26). The van der Waals surface area contributed by atoms with Crippen molar-refractivity contribution in [2.24, 2.45) is 9.98 Å². The average Bonchev–Trinajstić information content (AvgIpc) is 2.73. The maximum absolute atomic E-state index is 6.10. The lowest BCUT2D eigenvalue weighted by Gasteiger charge is -2.27. The second-order valence-corrected chi connectivity index (χ2v) is 6.66. The predicted octanol–water partition coefficient (Wildman–Crippen LogP) is 2.00. The third-order valence-corrected chi connectivity index (χ3v) is 4.73. The van der Waals surface area contributed by atoms with Gasteiger partial charge < -0.3 is 11.1 Å². The maximum Gasteiger partial charge on any atom is 0.144 e. The lowest BCUT2D eigenvalue weighted by Crippen LogP contribution is -2.42. The smallest absolute Gasteiger partial charge is 0.144 e. The molecule has 148 valence electrons. The third-order valence-electron chi connectivity index (χ3n) is 4.73. The van der Waals surface area contributed by atoms with E-state index in [0.29, 0.717) is 12.4 Å². The van der Waals surface area contributed by atoms with E-state index >= 15 is 0 Å². The number of pyridine rings is 1. The summed E-state index contributed by atoms with van der Waals surface area (Å²) in [5.41, 5.74) is 9.18. The Balaban J connectivity index is 1.85. The summed E-state index contributed by atoms with van der Waals surface area (Å²) in [5.74, 6) is 1.17. The van der Waals surface area contributed by atoms with Crippen molar-refractivity contribution in [3.8, 4) is 0 Å². The summed E-state index contributed by atoms with van der Waals surface area (Å²) in [7, 11) is 1.76. The molecule has 28 heavy (non-hydrogen) atoms. The van der Waals surface area contributed by atoms with Gasteiger partial charge in [0.2, 0.25) is 0 Å². The van der Waals surface area contributed by atoms with E-state index in [1.807, 2.05) is 24.0 Å². The van der Waals surface area contributed by atoms with Crippen LogP contribution in [0, 0.1) is 0 Å². The number of rotatable bonds is 6. The maximum atomic E-state index is 6.10. The van der Waals surface area contributed by atoms with Crippen molar-refractivity contribution in [1.29, 1.82) is 0 Å². The Labute approximate surface area is 167 Å². The number of hydrogen-bond acceptors (Lipinski definition) is 6. The van der Waals surface area contributed by atoms with E-state index in [1.165, 1.54) is 5.56 Å². The number of hydrogen-bond donors (Lipinski definition) is 2. The molecule has 7 nitrogen and oxygen atoms in total. The fourth-order valence-electron chi connectivity index (χ4n) is 3.26. The fourth-order valence-corrected chi connectivity index (χ4v) is 3.26. The summed E-state index contributed by atoms with van der Waals surface area (Å²) in [6, 6.07) is 12.3. The van der Waals surface area contributed by atoms with Crippen LogP contribution in [0.3, 0.4) is 0 Å². The number of nitrogens with two attached hydrogens (primary N) is 1. The SMILES string of the molecule is CCN=CN(C(=NC)c1cccnc1N)c1ccc(CN2CCNCC2)cc1. The second-order valence-electron chi connectivity index (χ2n) is 6.66. The molecule has 1 aliphatic rings. The van der Waals surface area contributed by atoms with Crippen LogP contribution in [0.15, 0.2) is 52.6 Å². The highest BCUT2D eigenvalue weighted by Gasteiger charge is 2.17. The van der Waals surface area contributed by atoms with E-state index < -0.39 is 0 Å². The van der Waals surface area contributed by atoms with Crippen molar-refractivity contribution in [2.45, 2.75) is 13.5 Å². The Bertz CT molecular complexity index is 808. The number of amidine groups is 1. The number of nitrogens with one attached hydrogen (secondary N) is 1. The summed E-state index contributed by atoms with van der Waals surface area (Å²) >= 11 is 0. The average molecular weight is 380 g/mol. The highest BCUT2D eigenvalue weighted by Crippen LogP contribution is 2.20. The first kappa shape index (κ1) is 20.0. The Morgan fingerprint density at radius 2 is 2.00 bits per heavy atom. The minimum Gasteiger partial charge on any atom is -0.383 e. The van der Waals surface area contributed by atoms with Gasteiger partial charge in [-0.05, 0) is 36.8 Å². The Hall–Kier alpha value is -2.77. The number of piperazine rings is 1.